The summed E-state index contributed by atoms with van der Waals surface area (Å²) in [5.41, 5.74) is 7.83. The Morgan fingerprint density at radius 2 is 2.29 bits per heavy atom. The maximum atomic E-state index is 11.6. The zero-order chi connectivity index (χ0) is 12.4. The van der Waals surface area contributed by atoms with Gasteiger partial charge in [0.25, 0.3) is 0 Å². The fourth-order valence-corrected chi connectivity index (χ4v) is 2.04. The van der Waals surface area contributed by atoms with Gasteiger partial charge < -0.3 is 11.1 Å². The van der Waals surface area contributed by atoms with E-state index in [4.69, 9.17) is 5.73 Å². The second kappa shape index (κ2) is 4.55. The Bertz CT molecular complexity index is 471. The Balaban J connectivity index is 2.28. The predicted octanol–water partition coefficient (Wildman–Crippen LogP) is 0.416. The van der Waals surface area contributed by atoms with Crippen LogP contribution in [0.4, 0.5) is 10.5 Å². The molecule has 0 saturated carbocycles. The Morgan fingerprint density at radius 3 is 2.94 bits per heavy atom. The first kappa shape index (κ1) is 11.6. The number of nitrogens with two attached hydrogens (primary N) is 1. The van der Waals surface area contributed by atoms with Crippen molar-refractivity contribution >= 4 is 17.6 Å². The minimum Gasteiger partial charge on any atom is -0.351 e. The molecule has 0 aliphatic carbocycles. The van der Waals surface area contributed by atoms with E-state index < -0.39 is 6.03 Å². The highest BCUT2D eigenvalue weighted by atomic mass is 16.2. The van der Waals surface area contributed by atoms with Crippen molar-refractivity contribution in [2.24, 2.45) is 5.73 Å². The lowest BCUT2D eigenvalue weighted by atomic mass is 10.1. The molecule has 3 N–H and O–H groups in total. The molecule has 90 valence electrons. The van der Waals surface area contributed by atoms with Gasteiger partial charge in [-0.15, -0.1) is 0 Å². The molecule has 0 spiro atoms. The van der Waals surface area contributed by atoms with Crippen LogP contribution in [0.15, 0.2) is 18.2 Å². The number of urea groups is 1. The number of anilines is 1. The summed E-state index contributed by atoms with van der Waals surface area (Å²) in [4.78, 5) is 23.8. The summed E-state index contributed by atoms with van der Waals surface area (Å²) in [5, 5.41) is 3.07. The number of primary amides is 1. The number of benzene rings is 1. The van der Waals surface area contributed by atoms with Crippen LogP contribution < -0.4 is 16.0 Å². The van der Waals surface area contributed by atoms with Gasteiger partial charge in [-0.05, 0) is 37.2 Å². The molecule has 0 atom stereocenters. The van der Waals surface area contributed by atoms with Gasteiger partial charge in [-0.1, -0.05) is 12.1 Å². The second-order valence-corrected chi connectivity index (χ2v) is 4.06. The first-order chi connectivity index (χ1) is 8.13. The molecule has 5 nitrogen and oxygen atoms in total. The van der Waals surface area contributed by atoms with Crippen LogP contribution in [0.5, 0.6) is 0 Å². The van der Waals surface area contributed by atoms with Gasteiger partial charge >= 0.3 is 6.03 Å². The number of hydrogen-bond acceptors (Lipinski definition) is 3. The lowest BCUT2D eigenvalue weighted by Gasteiger charge is -2.12. The maximum absolute atomic E-state index is 11.6. The van der Waals surface area contributed by atoms with E-state index in [1.165, 1.54) is 0 Å². The molecule has 5 heteroatoms. The minimum atomic E-state index is -0.711. The number of amides is 3. The zero-order valence-corrected chi connectivity index (χ0v) is 9.69. The molecule has 3 amide bonds. The maximum Gasteiger partial charge on any atom is 0.326 e. The lowest BCUT2D eigenvalue weighted by molar-refractivity contribution is -0.116. The number of hydrogen-bond donors (Lipinski definition) is 2. The predicted molar refractivity (Wildman–Crippen MR) is 64.8 cm³/mol. The Morgan fingerprint density at radius 1 is 1.53 bits per heavy atom. The number of likely N-dealkylation sites (N-methyl/N-ethyl adjacent to an activating group) is 1. The van der Waals surface area contributed by atoms with Crippen molar-refractivity contribution < 1.29 is 9.59 Å². The third kappa shape index (κ3) is 2.14. The van der Waals surface area contributed by atoms with E-state index >= 15 is 0 Å². The number of nitrogens with one attached hydrogen (secondary N) is 1. The average molecular weight is 233 g/mol. The summed E-state index contributed by atoms with van der Waals surface area (Å²) in [5.74, 6) is -0.252. The largest absolute Gasteiger partial charge is 0.351 e. The number of imide groups is 1. The molecule has 0 fully saturated rings. The molecular weight excluding hydrogens is 218 g/mol. The highest BCUT2D eigenvalue weighted by molar-refractivity contribution is 6.18. The smallest absolute Gasteiger partial charge is 0.326 e. The molecule has 1 aliphatic rings. The van der Waals surface area contributed by atoms with Crippen LogP contribution in [0.3, 0.4) is 0 Å². The van der Waals surface area contributed by atoms with E-state index in [1.807, 2.05) is 19.2 Å². The van der Waals surface area contributed by atoms with Crippen molar-refractivity contribution in [3.05, 3.63) is 29.3 Å². The van der Waals surface area contributed by atoms with Gasteiger partial charge in [0.2, 0.25) is 5.91 Å². The van der Waals surface area contributed by atoms with Gasteiger partial charge in [0.05, 0.1) is 12.1 Å². The monoisotopic (exact) mass is 233 g/mol. The van der Waals surface area contributed by atoms with Gasteiger partial charge in [-0.25, -0.2) is 9.69 Å². The number of nitrogens with zero attached hydrogens (tertiary/aromatic N) is 1. The van der Waals surface area contributed by atoms with Crippen LogP contribution in [0, 0.1) is 0 Å². The quantitative estimate of drug-likeness (QED) is 0.794. The summed E-state index contributed by atoms with van der Waals surface area (Å²) in [6.07, 6.45) is 1.15. The zero-order valence-electron chi connectivity index (χ0n) is 9.69. The average Bonchev–Trinajstić information content (AvgIpc) is 2.61. The molecule has 2 rings (SSSR count). The van der Waals surface area contributed by atoms with Gasteiger partial charge in [0, 0.05) is 0 Å². The first-order valence-electron chi connectivity index (χ1n) is 5.52. The molecule has 17 heavy (non-hydrogen) atoms. The van der Waals surface area contributed by atoms with Crippen molar-refractivity contribution in [2.45, 2.75) is 12.8 Å². The van der Waals surface area contributed by atoms with Gasteiger partial charge in [-0.2, -0.15) is 0 Å². The van der Waals surface area contributed by atoms with Crippen molar-refractivity contribution in [2.75, 3.05) is 18.5 Å². The summed E-state index contributed by atoms with van der Waals surface area (Å²) in [7, 11) is 1.89. The standard InChI is InChI=1S/C12H15N3O2/c1-14-5-4-8-2-3-10-9(6-8)7-11(16)15(10)12(13)17/h2-3,6,14H,4-5,7H2,1H3,(H2,13,17). The Labute approximate surface area is 99.6 Å². The third-order valence-corrected chi connectivity index (χ3v) is 2.86. The molecule has 0 bridgehead atoms. The van der Waals surface area contributed by atoms with Crippen LogP contribution in [0.2, 0.25) is 0 Å². The normalized spacial score (nSPS) is 13.9. The minimum absolute atomic E-state index is 0.252. The van der Waals surface area contributed by atoms with Crippen molar-refractivity contribution in [3.63, 3.8) is 0 Å². The number of fused-ring (bicyclic) bond motifs is 1. The molecule has 0 radical (unpaired) electrons. The molecule has 1 aliphatic heterocycles. The van der Waals surface area contributed by atoms with E-state index in [1.54, 1.807) is 6.07 Å². The van der Waals surface area contributed by atoms with Crippen molar-refractivity contribution in [3.8, 4) is 0 Å². The summed E-state index contributed by atoms with van der Waals surface area (Å²) in [6, 6.07) is 4.96. The van der Waals surface area contributed by atoms with E-state index in [0.717, 1.165) is 29.0 Å². The van der Waals surface area contributed by atoms with E-state index in [0.29, 0.717) is 5.69 Å². The van der Waals surface area contributed by atoms with Gasteiger partial charge in [0.1, 0.15) is 0 Å². The third-order valence-electron chi connectivity index (χ3n) is 2.86. The second-order valence-electron chi connectivity index (χ2n) is 4.06. The molecule has 0 unspecified atom stereocenters. The fraction of sp³-hybridized carbons (Fsp3) is 0.333. The first-order valence-corrected chi connectivity index (χ1v) is 5.52. The van der Waals surface area contributed by atoms with Crippen molar-refractivity contribution in [1.29, 1.82) is 0 Å². The molecule has 1 heterocycles. The summed E-state index contributed by atoms with van der Waals surface area (Å²) in [6.45, 7) is 0.881. The fourth-order valence-electron chi connectivity index (χ4n) is 2.04. The molecule has 0 saturated heterocycles. The van der Waals surface area contributed by atoms with Crippen LogP contribution in [-0.4, -0.2) is 25.5 Å². The molecule has 1 aromatic carbocycles. The molecular formula is C12H15N3O2. The van der Waals surface area contributed by atoms with E-state index in [9.17, 15) is 9.59 Å². The van der Waals surface area contributed by atoms with E-state index in [-0.39, 0.29) is 12.3 Å². The number of carbonyl (C=O) groups excluding carboxylic acids is 2. The SMILES string of the molecule is CNCCc1ccc2c(c1)CC(=O)N2C(N)=O. The topological polar surface area (TPSA) is 75.4 Å². The highest BCUT2D eigenvalue weighted by Gasteiger charge is 2.30. The van der Waals surface area contributed by atoms with Crippen LogP contribution in [0.1, 0.15) is 11.1 Å². The van der Waals surface area contributed by atoms with Crippen LogP contribution in [-0.2, 0) is 17.6 Å². The summed E-state index contributed by atoms with van der Waals surface area (Å²) < 4.78 is 0. The number of rotatable bonds is 3. The molecule has 1 aromatic rings. The summed E-state index contributed by atoms with van der Waals surface area (Å²) >= 11 is 0. The van der Waals surface area contributed by atoms with Gasteiger partial charge in [-0.3, -0.25) is 4.79 Å². The number of carbonyl (C=O) groups is 2. The van der Waals surface area contributed by atoms with Crippen LogP contribution >= 0.6 is 0 Å². The highest BCUT2D eigenvalue weighted by Crippen LogP contribution is 2.29. The molecule has 0 aromatic heterocycles. The van der Waals surface area contributed by atoms with E-state index in [2.05, 4.69) is 5.32 Å². The van der Waals surface area contributed by atoms with Crippen LogP contribution in [0.25, 0.3) is 0 Å². The van der Waals surface area contributed by atoms with Crippen molar-refractivity contribution in [1.82, 2.24) is 5.32 Å². The lowest BCUT2D eigenvalue weighted by Crippen LogP contribution is -2.38. The Hall–Kier alpha value is -1.88. The Kier molecular flexibility index (Phi) is 3.10. The van der Waals surface area contributed by atoms with Gasteiger partial charge in [0.15, 0.2) is 0 Å².